The van der Waals surface area contributed by atoms with Crippen molar-refractivity contribution in [2.24, 2.45) is 28.6 Å². The standard InChI is InChI=1S/C24H37NO3S/c1-16(2)13-21(17(3)4)18-7-9-20(10-8-18)25-29(27,28)15-24-12-11-19(14-22(24)26)23(24,5)6/h7-10,16-17,19,21,25H,11-15H2,1-6H3. The molecule has 0 heterocycles. The molecule has 2 bridgehead atoms. The molecule has 3 atom stereocenters. The van der Waals surface area contributed by atoms with E-state index in [1.54, 1.807) is 0 Å². The molecule has 2 aliphatic carbocycles. The van der Waals surface area contributed by atoms with E-state index in [1.165, 1.54) is 5.56 Å². The summed E-state index contributed by atoms with van der Waals surface area (Å²) in [6, 6.07) is 7.80. The Labute approximate surface area is 176 Å². The number of sulfonamides is 1. The average Bonchev–Trinajstić information content (AvgIpc) is 2.93. The van der Waals surface area contributed by atoms with Crippen LogP contribution in [-0.2, 0) is 14.8 Å². The van der Waals surface area contributed by atoms with E-state index in [0.717, 1.165) is 12.8 Å². The second-order valence-corrected chi connectivity index (χ2v) is 12.4. The molecule has 1 N–H and O–H groups in total. The van der Waals surface area contributed by atoms with E-state index in [1.807, 2.05) is 24.3 Å². The van der Waals surface area contributed by atoms with Crippen molar-refractivity contribution in [3.05, 3.63) is 29.8 Å². The van der Waals surface area contributed by atoms with E-state index < -0.39 is 15.4 Å². The molecule has 0 spiro atoms. The van der Waals surface area contributed by atoms with Gasteiger partial charge in [0.05, 0.1) is 11.2 Å². The third-order valence-electron chi connectivity index (χ3n) is 7.72. The van der Waals surface area contributed by atoms with Crippen LogP contribution in [0, 0.1) is 28.6 Å². The number of hydrogen-bond donors (Lipinski definition) is 1. The van der Waals surface area contributed by atoms with Gasteiger partial charge in [0.25, 0.3) is 0 Å². The van der Waals surface area contributed by atoms with Crippen molar-refractivity contribution >= 4 is 21.5 Å². The van der Waals surface area contributed by atoms with Gasteiger partial charge in [-0.25, -0.2) is 8.42 Å². The monoisotopic (exact) mass is 419 g/mol. The highest BCUT2D eigenvalue weighted by Gasteiger charge is 2.65. The average molecular weight is 420 g/mol. The molecule has 4 nitrogen and oxygen atoms in total. The molecule has 0 amide bonds. The van der Waals surface area contributed by atoms with Crippen LogP contribution < -0.4 is 4.72 Å². The lowest BCUT2D eigenvalue weighted by Gasteiger charge is -2.36. The summed E-state index contributed by atoms with van der Waals surface area (Å²) in [7, 11) is -3.61. The molecule has 3 unspecified atom stereocenters. The minimum atomic E-state index is -3.61. The first-order chi connectivity index (χ1) is 13.4. The van der Waals surface area contributed by atoms with Crippen molar-refractivity contribution in [2.45, 2.75) is 73.1 Å². The first-order valence-corrected chi connectivity index (χ1v) is 12.7. The van der Waals surface area contributed by atoms with Gasteiger partial charge in [0.2, 0.25) is 10.0 Å². The molecule has 0 aliphatic heterocycles. The summed E-state index contributed by atoms with van der Waals surface area (Å²) in [6.45, 7) is 13.1. The predicted octanol–water partition coefficient (Wildman–Crippen LogP) is 5.61. The van der Waals surface area contributed by atoms with Crippen LogP contribution >= 0.6 is 0 Å². The molecule has 2 fully saturated rings. The summed E-state index contributed by atoms with van der Waals surface area (Å²) in [4.78, 5) is 12.7. The highest BCUT2D eigenvalue weighted by Crippen LogP contribution is 2.64. The van der Waals surface area contributed by atoms with E-state index >= 15 is 0 Å². The van der Waals surface area contributed by atoms with E-state index in [-0.39, 0.29) is 17.0 Å². The van der Waals surface area contributed by atoms with Crippen molar-refractivity contribution in [3.8, 4) is 0 Å². The van der Waals surface area contributed by atoms with Gasteiger partial charge in [0, 0.05) is 12.1 Å². The fourth-order valence-electron chi connectivity index (χ4n) is 5.75. The van der Waals surface area contributed by atoms with Gasteiger partial charge in [-0.05, 0) is 66.0 Å². The number of benzene rings is 1. The van der Waals surface area contributed by atoms with Crippen LogP contribution in [0.4, 0.5) is 5.69 Å². The number of Topliss-reactive ketones (excluding diaryl/α,β-unsaturated/α-hetero) is 1. The van der Waals surface area contributed by atoms with Gasteiger partial charge in [-0.2, -0.15) is 0 Å². The lowest BCUT2D eigenvalue weighted by molar-refractivity contribution is -0.128. The molecule has 2 aliphatic rings. The topological polar surface area (TPSA) is 63.2 Å². The molecule has 29 heavy (non-hydrogen) atoms. The maximum atomic E-state index is 13.0. The second-order valence-electron chi connectivity index (χ2n) is 10.6. The molecule has 5 heteroatoms. The molecule has 1 aromatic rings. The highest BCUT2D eigenvalue weighted by molar-refractivity contribution is 7.92. The largest absolute Gasteiger partial charge is 0.299 e. The van der Waals surface area contributed by atoms with Crippen LogP contribution in [0.2, 0.25) is 0 Å². The van der Waals surface area contributed by atoms with Gasteiger partial charge in [0.1, 0.15) is 5.78 Å². The highest BCUT2D eigenvalue weighted by atomic mass is 32.2. The van der Waals surface area contributed by atoms with Crippen molar-refractivity contribution in [3.63, 3.8) is 0 Å². The van der Waals surface area contributed by atoms with Gasteiger partial charge in [-0.1, -0.05) is 53.7 Å². The minimum Gasteiger partial charge on any atom is -0.299 e. The molecular formula is C24H37NO3S. The summed E-state index contributed by atoms with van der Waals surface area (Å²) < 4.78 is 28.7. The molecule has 2 saturated carbocycles. The van der Waals surface area contributed by atoms with E-state index in [4.69, 9.17) is 0 Å². The van der Waals surface area contributed by atoms with Gasteiger partial charge < -0.3 is 0 Å². The zero-order valence-electron chi connectivity index (χ0n) is 18.8. The van der Waals surface area contributed by atoms with Crippen molar-refractivity contribution in [2.75, 3.05) is 10.5 Å². The Morgan fingerprint density at radius 1 is 1.10 bits per heavy atom. The Kier molecular flexibility index (Phi) is 5.94. The number of carbonyl (C=O) groups is 1. The Morgan fingerprint density at radius 2 is 1.72 bits per heavy atom. The third kappa shape index (κ3) is 4.12. The maximum absolute atomic E-state index is 13.0. The minimum absolute atomic E-state index is 0.105. The molecule has 1 aromatic carbocycles. The van der Waals surface area contributed by atoms with Gasteiger partial charge in [0.15, 0.2) is 0 Å². The van der Waals surface area contributed by atoms with Crippen molar-refractivity contribution in [1.29, 1.82) is 0 Å². The summed E-state index contributed by atoms with van der Waals surface area (Å²) in [5.74, 6) is 1.96. The molecule has 0 radical (unpaired) electrons. The number of nitrogens with one attached hydrogen (secondary N) is 1. The molecule has 0 aromatic heterocycles. The predicted molar refractivity (Wildman–Crippen MR) is 119 cm³/mol. The van der Waals surface area contributed by atoms with Gasteiger partial charge >= 0.3 is 0 Å². The van der Waals surface area contributed by atoms with Crippen molar-refractivity contribution < 1.29 is 13.2 Å². The summed E-state index contributed by atoms with van der Waals surface area (Å²) in [5, 5.41) is 0. The van der Waals surface area contributed by atoms with Crippen molar-refractivity contribution in [1.82, 2.24) is 0 Å². The van der Waals surface area contributed by atoms with Gasteiger partial charge in [-0.15, -0.1) is 0 Å². The van der Waals surface area contributed by atoms with E-state index in [9.17, 15) is 13.2 Å². The Balaban J connectivity index is 1.75. The number of carbonyl (C=O) groups excluding carboxylic acids is 1. The zero-order chi connectivity index (χ0) is 21.6. The summed E-state index contributed by atoms with van der Waals surface area (Å²) in [5.41, 5.74) is 0.851. The van der Waals surface area contributed by atoms with Crippen LogP contribution in [0.15, 0.2) is 24.3 Å². The van der Waals surface area contributed by atoms with E-state index in [2.05, 4.69) is 46.3 Å². The van der Waals surface area contributed by atoms with Crippen LogP contribution in [0.5, 0.6) is 0 Å². The fourth-order valence-corrected chi connectivity index (χ4v) is 7.64. The van der Waals surface area contributed by atoms with Crippen LogP contribution in [0.1, 0.15) is 78.7 Å². The fraction of sp³-hybridized carbons (Fsp3) is 0.708. The Morgan fingerprint density at radius 3 is 2.17 bits per heavy atom. The third-order valence-corrected chi connectivity index (χ3v) is 9.14. The number of anilines is 1. The lowest BCUT2D eigenvalue weighted by Crippen LogP contribution is -2.43. The lowest BCUT2D eigenvalue weighted by atomic mass is 9.70. The second kappa shape index (κ2) is 7.72. The van der Waals surface area contributed by atoms with E-state index in [0.29, 0.717) is 42.2 Å². The number of rotatable bonds is 8. The first-order valence-electron chi connectivity index (χ1n) is 11.0. The van der Waals surface area contributed by atoms with Crippen LogP contribution in [0.25, 0.3) is 0 Å². The first kappa shape index (κ1) is 22.3. The number of ketones is 1. The molecule has 162 valence electrons. The SMILES string of the molecule is CC(C)CC(c1ccc(NS(=O)(=O)CC23CCC(CC2=O)C3(C)C)cc1)C(C)C. The molecular weight excluding hydrogens is 382 g/mol. The summed E-state index contributed by atoms with van der Waals surface area (Å²) in [6.07, 6.45) is 3.29. The Bertz CT molecular complexity index is 855. The molecule has 0 saturated heterocycles. The normalized spacial score (nSPS) is 27.0. The molecule has 3 rings (SSSR count). The van der Waals surface area contributed by atoms with Gasteiger partial charge in [-0.3, -0.25) is 9.52 Å². The number of hydrogen-bond acceptors (Lipinski definition) is 3. The van der Waals surface area contributed by atoms with Crippen LogP contribution in [0.3, 0.4) is 0 Å². The maximum Gasteiger partial charge on any atom is 0.233 e. The zero-order valence-corrected chi connectivity index (χ0v) is 19.6. The summed E-state index contributed by atoms with van der Waals surface area (Å²) >= 11 is 0. The van der Waals surface area contributed by atoms with Crippen LogP contribution in [-0.4, -0.2) is 20.0 Å². The smallest absolute Gasteiger partial charge is 0.233 e. The quantitative estimate of drug-likeness (QED) is 0.596. The number of fused-ring (bicyclic) bond motifs is 2. The Hall–Kier alpha value is -1.36.